The van der Waals surface area contributed by atoms with E-state index >= 15 is 0 Å². The van der Waals surface area contributed by atoms with Crippen molar-refractivity contribution < 1.29 is 27.5 Å². The molecule has 0 spiro atoms. The number of aliphatic hydroxyl groups excluding tert-OH is 1. The largest absolute Gasteiger partial charge is 0.394 e. The number of hydrogen-bond donors (Lipinski definition) is 4. The third-order valence-corrected chi connectivity index (χ3v) is 6.96. The Hall–Kier alpha value is -3.60. The molecule has 36 heavy (non-hydrogen) atoms. The zero-order valence-electron chi connectivity index (χ0n) is 19.9. The lowest BCUT2D eigenvalue weighted by Crippen LogP contribution is -2.46. The molecule has 0 radical (unpaired) electrons. The molecule has 0 fully saturated rings. The fourth-order valence-corrected chi connectivity index (χ4v) is 4.71. The predicted octanol–water partition coefficient (Wildman–Crippen LogP) is 2.85. The summed E-state index contributed by atoms with van der Waals surface area (Å²) in [6, 6.07) is 18.6. The summed E-state index contributed by atoms with van der Waals surface area (Å²) >= 11 is 0. The van der Waals surface area contributed by atoms with Crippen molar-refractivity contribution in [2.45, 2.75) is 36.7 Å². The van der Waals surface area contributed by atoms with E-state index in [0.29, 0.717) is 5.69 Å². The van der Waals surface area contributed by atoms with Crippen LogP contribution in [0.2, 0.25) is 0 Å². The molecule has 0 aliphatic heterocycles. The van der Waals surface area contributed by atoms with Crippen LogP contribution in [-0.2, 0) is 21.2 Å². The molecular weight excluding hydrogens is 485 g/mol. The highest BCUT2D eigenvalue weighted by Crippen LogP contribution is 2.17. The Bertz CT molecular complexity index is 1300. The summed E-state index contributed by atoms with van der Waals surface area (Å²) in [6.45, 7) is 2.71. The van der Waals surface area contributed by atoms with E-state index < -0.39 is 39.2 Å². The molecule has 0 heterocycles. The van der Waals surface area contributed by atoms with Crippen molar-refractivity contribution in [2.24, 2.45) is 0 Å². The van der Waals surface area contributed by atoms with Crippen LogP contribution in [0, 0.1) is 5.82 Å². The maximum Gasteiger partial charge on any atom is 0.251 e. The van der Waals surface area contributed by atoms with E-state index in [-0.39, 0.29) is 23.5 Å². The molecule has 0 saturated carbocycles. The molecule has 4 N–H and O–H groups in total. The van der Waals surface area contributed by atoms with Crippen molar-refractivity contribution in [1.82, 2.24) is 10.0 Å². The van der Waals surface area contributed by atoms with Crippen molar-refractivity contribution in [3.63, 3.8) is 0 Å². The monoisotopic (exact) mass is 513 g/mol. The fraction of sp³-hybridized carbons (Fsp3) is 0.231. The van der Waals surface area contributed by atoms with E-state index in [2.05, 4.69) is 15.4 Å². The number of carbonyl (C=O) groups is 2. The zero-order chi connectivity index (χ0) is 26.3. The van der Waals surface area contributed by atoms with Crippen LogP contribution in [0.4, 0.5) is 10.1 Å². The highest BCUT2D eigenvalue weighted by molar-refractivity contribution is 7.89. The lowest BCUT2D eigenvalue weighted by Gasteiger charge is -2.23. The Balaban J connectivity index is 1.76. The maximum atomic E-state index is 13.2. The van der Waals surface area contributed by atoms with Crippen LogP contribution in [-0.4, -0.2) is 43.5 Å². The number of aliphatic hydroxyl groups is 1. The van der Waals surface area contributed by atoms with Crippen molar-refractivity contribution in [3.8, 4) is 0 Å². The fourth-order valence-electron chi connectivity index (χ4n) is 3.30. The molecule has 2 amide bonds. The maximum absolute atomic E-state index is 13.2. The van der Waals surface area contributed by atoms with Gasteiger partial charge in [-0.3, -0.25) is 9.59 Å². The van der Waals surface area contributed by atoms with Crippen LogP contribution >= 0.6 is 0 Å². The van der Waals surface area contributed by atoms with Gasteiger partial charge in [0, 0.05) is 17.7 Å². The summed E-state index contributed by atoms with van der Waals surface area (Å²) in [4.78, 5) is 25.8. The van der Waals surface area contributed by atoms with Gasteiger partial charge in [-0.1, -0.05) is 30.3 Å². The van der Waals surface area contributed by atoms with Crippen LogP contribution in [0.1, 0.15) is 29.8 Å². The Morgan fingerprint density at radius 3 is 2.14 bits per heavy atom. The van der Waals surface area contributed by atoms with E-state index in [1.165, 1.54) is 36.4 Å². The second-order valence-corrected chi connectivity index (χ2v) is 10.6. The quantitative estimate of drug-likeness (QED) is 0.332. The lowest BCUT2D eigenvalue weighted by molar-refractivity contribution is -0.118. The minimum absolute atomic E-state index is 0.0347. The summed E-state index contributed by atoms with van der Waals surface area (Å²) in [6.07, 6.45) is 0.201. The number of benzene rings is 3. The van der Waals surface area contributed by atoms with Crippen molar-refractivity contribution in [2.75, 3.05) is 11.9 Å². The molecule has 3 rings (SSSR count). The van der Waals surface area contributed by atoms with Crippen molar-refractivity contribution >= 4 is 27.5 Å². The number of sulfonamides is 1. The summed E-state index contributed by atoms with van der Waals surface area (Å²) in [7, 11) is -3.89. The molecule has 0 aliphatic carbocycles. The SMILES string of the molecule is CC(C)(CO)NS(=O)(=O)c1ccc(NC(=O)[C@H](Cc2ccccc2)NC(=O)c2ccc(F)cc2)cc1. The molecule has 1 atom stereocenters. The third kappa shape index (κ3) is 7.45. The van der Waals surface area contributed by atoms with Gasteiger partial charge in [0.2, 0.25) is 15.9 Å². The normalized spacial score (nSPS) is 12.6. The van der Waals surface area contributed by atoms with Crippen LogP contribution in [0.3, 0.4) is 0 Å². The van der Waals surface area contributed by atoms with Crippen LogP contribution < -0.4 is 15.4 Å². The number of amides is 2. The molecule has 0 aliphatic rings. The predicted molar refractivity (Wildman–Crippen MR) is 134 cm³/mol. The van der Waals surface area contributed by atoms with Crippen LogP contribution in [0.5, 0.6) is 0 Å². The second-order valence-electron chi connectivity index (χ2n) is 8.88. The summed E-state index contributed by atoms with van der Waals surface area (Å²) in [5.74, 6) is -1.53. The van der Waals surface area contributed by atoms with E-state index in [0.717, 1.165) is 17.7 Å². The summed E-state index contributed by atoms with van der Waals surface area (Å²) in [5.41, 5.74) is 0.305. The zero-order valence-corrected chi connectivity index (χ0v) is 20.7. The number of nitrogens with one attached hydrogen (secondary N) is 3. The first-order chi connectivity index (χ1) is 17.0. The average molecular weight is 514 g/mol. The third-order valence-electron chi connectivity index (χ3n) is 5.25. The first kappa shape index (κ1) is 27.0. The smallest absolute Gasteiger partial charge is 0.251 e. The topological polar surface area (TPSA) is 125 Å². The van der Waals surface area contributed by atoms with Gasteiger partial charge < -0.3 is 15.7 Å². The minimum Gasteiger partial charge on any atom is -0.394 e. The van der Waals surface area contributed by atoms with E-state index in [1.807, 2.05) is 30.3 Å². The summed E-state index contributed by atoms with van der Waals surface area (Å²) in [5, 5.41) is 14.7. The van der Waals surface area contributed by atoms with Gasteiger partial charge >= 0.3 is 0 Å². The van der Waals surface area contributed by atoms with Gasteiger partial charge in [-0.15, -0.1) is 0 Å². The van der Waals surface area contributed by atoms with Gasteiger partial charge in [0.25, 0.3) is 5.91 Å². The van der Waals surface area contributed by atoms with Gasteiger partial charge in [-0.25, -0.2) is 17.5 Å². The lowest BCUT2D eigenvalue weighted by atomic mass is 10.0. The van der Waals surface area contributed by atoms with E-state index in [1.54, 1.807) is 13.8 Å². The van der Waals surface area contributed by atoms with Gasteiger partial charge in [-0.05, 0) is 67.9 Å². The molecule has 0 bridgehead atoms. The van der Waals surface area contributed by atoms with Gasteiger partial charge in [0.1, 0.15) is 11.9 Å². The molecule has 3 aromatic rings. The molecule has 0 saturated heterocycles. The number of rotatable bonds is 10. The van der Waals surface area contributed by atoms with Crippen LogP contribution in [0.25, 0.3) is 0 Å². The van der Waals surface area contributed by atoms with Crippen LogP contribution in [0.15, 0.2) is 83.8 Å². The number of carbonyl (C=O) groups excluding carboxylic acids is 2. The van der Waals surface area contributed by atoms with Gasteiger partial charge in [0.15, 0.2) is 0 Å². The molecule has 190 valence electrons. The van der Waals surface area contributed by atoms with Gasteiger partial charge in [0.05, 0.1) is 17.0 Å². The molecule has 8 nitrogen and oxygen atoms in total. The first-order valence-corrected chi connectivity index (χ1v) is 12.6. The van der Waals surface area contributed by atoms with E-state index in [4.69, 9.17) is 0 Å². The van der Waals surface area contributed by atoms with E-state index in [9.17, 15) is 27.5 Å². The van der Waals surface area contributed by atoms with Gasteiger partial charge in [-0.2, -0.15) is 0 Å². The highest BCUT2D eigenvalue weighted by atomic mass is 32.2. The minimum atomic E-state index is -3.89. The van der Waals surface area contributed by atoms with Crippen molar-refractivity contribution in [3.05, 3.63) is 95.8 Å². The molecule has 0 unspecified atom stereocenters. The Kier molecular flexibility index (Phi) is 8.57. The Morgan fingerprint density at radius 2 is 1.56 bits per heavy atom. The number of hydrogen-bond acceptors (Lipinski definition) is 5. The van der Waals surface area contributed by atoms with Crippen molar-refractivity contribution in [1.29, 1.82) is 0 Å². The average Bonchev–Trinajstić information content (AvgIpc) is 2.84. The summed E-state index contributed by atoms with van der Waals surface area (Å²) < 4.78 is 40.7. The second kappa shape index (κ2) is 11.4. The Labute approximate surface area is 209 Å². The molecule has 10 heteroatoms. The number of halogens is 1. The molecule has 3 aromatic carbocycles. The molecule has 0 aromatic heterocycles. The molecular formula is C26H28FN3O5S. The Morgan fingerprint density at radius 1 is 0.944 bits per heavy atom. The number of anilines is 1. The first-order valence-electron chi connectivity index (χ1n) is 11.2. The highest BCUT2D eigenvalue weighted by Gasteiger charge is 2.26. The standard InChI is InChI=1S/C26H28FN3O5S/c1-26(2,17-31)30-36(34,35)22-14-12-21(13-15-22)28-25(33)23(16-18-6-4-3-5-7-18)29-24(32)19-8-10-20(27)11-9-19/h3-15,23,30-31H,16-17H2,1-2H3,(H,28,33)(H,29,32)/t23-/m0/s1.